The number of hydrogen-bond acceptors (Lipinski definition) is 2. The highest BCUT2D eigenvalue weighted by atomic mass is 16.5. The fourth-order valence-electron chi connectivity index (χ4n) is 4.55. The summed E-state index contributed by atoms with van der Waals surface area (Å²) in [5.41, 5.74) is 9.90. The lowest BCUT2D eigenvalue weighted by Gasteiger charge is -2.34. The van der Waals surface area contributed by atoms with Crippen LogP contribution in [0.3, 0.4) is 0 Å². The average Bonchev–Trinajstić information content (AvgIpc) is 3.17. The van der Waals surface area contributed by atoms with Crippen molar-refractivity contribution in [1.82, 2.24) is 0 Å². The van der Waals surface area contributed by atoms with Gasteiger partial charge in [0.25, 0.3) is 0 Å². The van der Waals surface area contributed by atoms with Crippen LogP contribution in [0.1, 0.15) is 18.1 Å². The molecule has 1 heterocycles. The second kappa shape index (κ2) is 6.64. The molecule has 144 valence electrons. The summed E-state index contributed by atoms with van der Waals surface area (Å²) in [6, 6.07) is 31.9. The maximum atomic E-state index is 6.23. The third-order valence-corrected chi connectivity index (χ3v) is 5.88. The molecule has 0 spiro atoms. The zero-order chi connectivity index (χ0) is 20.1. The minimum absolute atomic E-state index is 0.883. The van der Waals surface area contributed by atoms with Crippen LogP contribution < -0.4 is 9.64 Å². The summed E-state index contributed by atoms with van der Waals surface area (Å²) in [4.78, 5) is 2.36. The summed E-state index contributed by atoms with van der Waals surface area (Å²) in [7, 11) is 0. The van der Waals surface area contributed by atoms with Gasteiger partial charge < -0.3 is 9.64 Å². The summed E-state index contributed by atoms with van der Waals surface area (Å²) < 4.78 is 6.23. The molecule has 0 unspecified atom stereocenters. The first kappa shape index (κ1) is 17.1. The van der Waals surface area contributed by atoms with Crippen LogP contribution in [0.5, 0.6) is 11.5 Å². The van der Waals surface area contributed by atoms with Gasteiger partial charge in [0.1, 0.15) is 0 Å². The SMILES string of the molecule is CC1=Cc2c(cc(-c3ccccc3)cc2N2c3ccccc3Oc3ccccc32)C1. The topological polar surface area (TPSA) is 12.5 Å². The highest BCUT2D eigenvalue weighted by molar-refractivity contribution is 5.93. The van der Waals surface area contributed by atoms with E-state index in [1.165, 1.54) is 33.5 Å². The Labute approximate surface area is 176 Å². The van der Waals surface area contributed by atoms with Gasteiger partial charge in [-0.2, -0.15) is 0 Å². The maximum absolute atomic E-state index is 6.23. The lowest BCUT2D eigenvalue weighted by molar-refractivity contribution is 0.477. The molecule has 2 aliphatic rings. The number of para-hydroxylation sites is 4. The first-order chi connectivity index (χ1) is 14.8. The summed E-state index contributed by atoms with van der Waals surface area (Å²) in [5, 5.41) is 0. The predicted molar refractivity (Wildman–Crippen MR) is 124 cm³/mol. The zero-order valence-corrected chi connectivity index (χ0v) is 16.8. The Morgan fingerprint density at radius 1 is 0.667 bits per heavy atom. The Kier molecular flexibility index (Phi) is 3.78. The molecule has 6 rings (SSSR count). The molecule has 0 fully saturated rings. The van der Waals surface area contributed by atoms with Crippen molar-refractivity contribution in [3.05, 3.63) is 108 Å². The number of rotatable bonds is 2. The highest BCUT2D eigenvalue weighted by Crippen LogP contribution is 2.52. The first-order valence-corrected chi connectivity index (χ1v) is 10.3. The number of hydrogen-bond donors (Lipinski definition) is 0. The Morgan fingerprint density at radius 2 is 1.30 bits per heavy atom. The fourth-order valence-corrected chi connectivity index (χ4v) is 4.55. The standard InChI is InChI=1S/C28H21NO/c1-19-15-22-17-21(20-9-3-2-4-10-20)18-26(23(22)16-19)29-24-11-5-7-13-27(24)30-28-14-8-6-12-25(28)29/h2-14,16-18H,15H2,1H3. The molecule has 2 heteroatoms. The van der Waals surface area contributed by atoms with E-state index in [0.29, 0.717) is 0 Å². The van der Waals surface area contributed by atoms with Gasteiger partial charge in [0.15, 0.2) is 11.5 Å². The van der Waals surface area contributed by atoms with Crippen molar-refractivity contribution in [3.63, 3.8) is 0 Å². The van der Waals surface area contributed by atoms with Crippen LogP contribution in [0.25, 0.3) is 17.2 Å². The fraction of sp³-hybridized carbons (Fsp3) is 0.0714. The Balaban J connectivity index is 1.64. The van der Waals surface area contributed by atoms with Gasteiger partial charge in [-0.15, -0.1) is 0 Å². The molecule has 1 aliphatic carbocycles. The van der Waals surface area contributed by atoms with E-state index in [0.717, 1.165) is 29.3 Å². The summed E-state index contributed by atoms with van der Waals surface area (Å²) in [5.74, 6) is 1.77. The van der Waals surface area contributed by atoms with Crippen molar-refractivity contribution in [2.45, 2.75) is 13.3 Å². The molecule has 0 saturated heterocycles. The minimum atomic E-state index is 0.883. The van der Waals surface area contributed by atoms with Crippen LogP contribution in [0.15, 0.2) is 96.6 Å². The normalized spacial score (nSPS) is 13.8. The van der Waals surface area contributed by atoms with E-state index in [1.54, 1.807) is 0 Å². The third kappa shape index (κ3) is 2.65. The van der Waals surface area contributed by atoms with Crippen LogP contribution >= 0.6 is 0 Å². The number of fused-ring (bicyclic) bond motifs is 3. The van der Waals surface area contributed by atoms with E-state index in [9.17, 15) is 0 Å². The van der Waals surface area contributed by atoms with Crippen molar-refractivity contribution in [1.29, 1.82) is 0 Å². The number of nitrogens with zero attached hydrogens (tertiary/aromatic N) is 1. The largest absolute Gasteiger partial charge is 0.453 e. The van der Waals surface area contributed by atoms with E-state index >= 15 is 0 Å². The zero-order valence-electron chi connectivity index (χ0n) is 16.8. The number of ether oxygens (including phenoxy) is 1. The summed E-state index contributed by atoms with van der Waals surface area (Å²) in [6.45, 7) is 2.22. The van der Waals surface area contributed by atoms with Crippen LogP contribution in [-0.2, 0) is 6.42 Å². The first-order valence-electron chi connectivity index (χ1n) is 10.3. The van der Waals surface area contributed by atoms with Gasteiger partial charge in [0.2, 0.25) is 0 Å². The van der Waals surface area contributed by atoms with Crippen molar-refractivity contribution in [3.8, 4) is 22.6 Å². The van der Waals surface area contributed by atoms with Crippen molar-refractivity contribution < 1.29 is 4.74 Å². The van der Waals surface area contributed by atoms with Crippen LogP contribution in [0.2, 0.25) is 0 Å². The smallest absolute Gasteiger partial charge is 0.151 e. The van der Waals surface area contributed by atoms with Crippen LogP contribution in [0, 0.1) is 0 Å². The van der Waals surface area contributed by atoms with Gasteiger partial charge >= 0.3 is 0 Å². The molecular formula is C28H21NO. The highest BCUT2D eigenvalue weighted by Gasteiger charge is 2.28. The molecule has 0 bridgehead atoms. The lowest BCUT2D eigenvalue weighted by atomic mass is 9.97. The van der Waals surface area contributed by atoms with Crippen LogP contribution in [-0.4, -0.2) is 0 Å². The average molecular weight is 387 g/mol. The molecule has 4 aromatic carbocycles. The molecule has 2 nitrogen and oxygen atoms in total. The monoisotopic (exact) mass is 387 g/mol. The molecule has 4 aromatic rings. The maximum Gasteiger partial charge on any atom is 0.151 e. The summed E-state index contributed by atoms with van der Waals surface area (Å²) >= 11 is 0. The van der Waals surface area contributed by atoms with Gasteiger partial charge in [0, 0.05) is 5.56 Å². The molecule has 1 aliphatic heterocycles. The van der Waals surface area contributed by atoms with Gasteiger partial charge in [-0.05, 0) is 60.4 Å². The van der Waals surface area contributed by atoms with Crippen molar-refractivity contribution in [2.75, 3.05) is 4.90 Å². The number of allylic oxidation sites excluding steroid dienone is 1. The van der Waals surface area contributed by atoms with Crippen molar-refractivity contribution >= 4 is 23.1 Å². The van der Waals surface area contributed by atoms with Crippen LogP contribution in [0.4, 0.5) is 17.1 Å². The van der Waals surface area contributed by atoms with Gasteiger partial charge in [-0.25, -0.2) is 0 Å². The quantitative estimate of drug-likeness (QED) is 0.305. The molecule has 0 saturated carbocycles. The molecule has 0 atom stereocenters. The molecule has 0 N–H and O–H groups in total. The molecule has 0 amide bonds. The lowest BCUT2D eigenvalue weighted by Crippen LogP contribution is -2.17. The Bertz CT molecular complexity index is 1260. The second-order valence-corrected chi connectivity index (χ2v) is 7.97. The second-order valence-electron chi connectivity index (χ2n) is 7.97. The predicted octanol–water partition coefficient (Wildman–Crippen LogP) is 7.89. The van der Waals surface area contributed by atoms with E-state index in [2.05, 4.69) is 84.6 Å². The van der Waals surface area contributed by atoms with Gasteiger partial charge in [-0.1, -0.05) is 72.3 Å². The summed E-state index contributed by atoms with van der Waals surface area (Å²) in [6.07, 6.45) is 3.33. The van der Waals surface area contributed by atoms with Crippen molar-refractivity contribution in [2.24, 2.45) is 0 Å². The van der Waals surface area contributed by atoms with E-state index in [1.807, 2.05) is 24.3 Å². The molecule has 30 heavy (non-hydrogen) atoms. The van der Waals surface area contributed by atoms with Gasteiger partial charge in [-0.3, -0.25) is 0 Å². The van der Waals surface area contributed by atoms with E-state index in [4.69, 9.17) is 4.74 Å². The number of anilines is 3. The minimum Gasteiger partial charge on any atom is -0.453 e. The Morgan fingerprint density at radius 3 is 2.00 bits per heavy atom. The van der Waals surface area contributed by atoms with E-state index < -0.39 is 0 Å². The number of benzene rings is 4. The molecule has 0 aromatic heterocycles. The molecular weight excluding hydrogens is 366 g/mol. The molecule has 0 radical (unpaired) electrons. The van der Waals surface area contributed by atoms with E-state index in [-0.39, 0.29) is 0 Å². The third-order valence-electron chi connectivity index (χ3n) is 5.88. The Hall–Kier alpha value is -3.78. The van der Waals surface area contributed by atoms with Gasteiger partial charge in [0.05, 0.1) is 17.1 Å².